The number of amides is 1. The average Bonchev–Trinajstić information content (AvgIpc) is 3.09. The van der Waals surface area contributed by atoms with Crippen LogP contribution in [0.5, 0.6) is 0 Å². The third-order valence-electron chi connectivity index (χ3n) is 3.45. The summed E-state index contributed by atoms with van der Waals surface area (Å²) in [6.45, 7) is 3.56. The molecule has 2 rings (SSSR count). The summed E-state index contributed by atoms with van der Waals surface area (Å²) in [5.41, 5.74) is 1.12. The molecular weight excluding hydrogens is 286 g/mol. The SMILES string of the molecule is Cc1cc(NC(=O)C(C)C2CC2)ccc1S(=O)(=O)Cl. The second kappa shape index (κ2) is 5.13. The molecule has 0 aromatic heterocycles. The standard InChI is InChI=1S/C13H16ClNO3S/c1-8-7-11(5-6-12(8)19(14,17)18)15-13(16)9(2)10-3-4-10/h5-7,9-10H,3-4H2,1-2H3,(H,15,16). The van der Waals surface area contributed by atoms with Crippen molar-refractivity contribution >= 4 is 31.3 Å². The van der Waals surface area contributed by atoms with Gasteiger partial charge in [-0.3, -0.25) is 4.79 Å². The quantitative estimate of drug-likeness (QED) is 0.870. The lowest BCUT2D eigenvalue weighted by Crippen LogP contribution is -2.21. The molecule has 0 bridgehead atoms. The number of aryl methyl sites for hydroxylation is 1. The van der Waals surface area contributed by atoms with Gasteiger partial charge in [-0.25, -0.2) is 8.42 Å². The molecule has 6 heteroatoms. The second-order valence-corrected chi connectivity index (χ2v) is 7.57. The van der Waals surface area contributed by atoms with Crippen molar-refractivity contribution in [2.45, 2.75) is 31.6 Å². The van der Waals surface area contributed by atoms with Crippen molar-refractivity contribution < 1.29 is 13.2 Å². The Kier molecular flexibility index (Phi) is 3.87. The fourth-order valence-electron chi connectivity index (χ4n) is 2.07. The van der Waals surface area contributed by atoms with Crippen LogP contribution < -0.4 is 5.32 Å². The van der Waals surface area contributed by atoms with Gasteiger partial charge in [0.2, 0.25) is 5.91 Å². The molecule has 1 aromatic carbocycles. The van der Waals surface area contributed by atoms with E-state index in [-0.39, 0.29) is 16.7 Å². The van der Waals surface area contributed by atoms with Crippen LogP contribution in [0.2, 0.25) is 0 Å². The van der Waals surface area contributed by atoms with Gasteiger partial charge in [0.05, 0.1) is 4.90 Å². The van der Waals surface area contributed by atoms with E-state index >= 15 is 0 Å². The van der Waals surface area contributed by atoms with Crippen LogP contribution in [0.3, 0.4) is 0 Å². The highest BCUT2D eigenvalue weighted by Crippen LogP contribution is 2.37. The Bertz CT molecular complexity index is 608. The molecule has 4 nitrogen and oxygen atoms in total. The average molecular weight is 302 g/mol. The Hall–Kier alpha value is -1.07. The lowest BCUT2D eigenvalue weighted by Gasteiger charge is -2.12. The maximum Gasteiger partial charge on any atom is 0.261 e. The first kappa shape index (κ1) is 14.3. The second-order valence-electron chi connectivity index (χ2n) is 5.03. The largest absolute Gasteiger partial charge is 0.326 e. The zero-order valence-electron chi connectivity index (χ0n) is 10.8. The van der Waals surface area contributed by atoms with Gasteiger partial charge >= 0.3 is 0 Å². The number of anilines is 1. The normalized spacial score (nSPS) is 17.0. The number of hydrogen-bond donors (Lipinski definition) is 1. The Morgan fingerprint density at radius 1 is 1.42 bits per heavy atom. The number of halogens is 1. The molecule has 0 spiro atoms. The molecule has 1 aliphatic rings. The summed E-state index contributed by atoms with van der Waals surface area (Å²) in [6, 6.07) is 4.58. The predicted octanol–water partition coefficient (Wildman–Crippen LogP) is 2.91. The lowest BCUT2D eigenvalue weighted by atomic mass is 10.1. The van der Waals surface area contributed by atoms with Crippen LogP contribution in [0.1, 0.15) is 25.3 Å². The van der Waals surface area contributed by atoms with Gasteiger partial charge in [-0.1, -0.05) is 6.92 Å². The molecule has 1 atom stereocenters. The van der Waals surface area contributed by atoms with Crippen LogP contribution in [-0.2, 0) is 13.8 Å². The Labute approximate surface area is 117 Å². The Balaban J connectivity index is 2.14. The minimum Gasteiger partial charge on any atom is -0.326 e. The molecule has 1 saturated carbocycles. The molecule has 19 heavy (non-hydrogen) atoms. The molecule has 0 aliphatic heterocycles. The van der Waals surface area contributed by atoms with Crippen LogP contribution in [0.15, 0.2) is 23.1 Å². The minimum atomic E-state index is -3.74. The van der Waals surface area contributed by atoms with Crippen molar-refractivity contribution in [3.8, 4) is 0 Å². The van der Waals surface area contributed by atoms with Gasteiger partial charge in [0.25, 0.3) is 9.05 Å². The van der Waals surface area contributed by atoms with E-state index < -0.39 is 9.05 Å². The molecule has 1 N–H and O–H groups in total. The number of nitrogens with one attached hydrogen (secondary N) is 1. The summed E-state index contributed by atoms with van der Waals surface area (Å²) in [5.74, 6) is 0.462. The molecule has 0 saturated heterocycles. The fraction of sp³-hybridized carbons (Fsp3) is 0.462. The van der Waals surface area contributed by atoms with Crippen LogP contribution in [0.25, 0.3) is 0 Å². The zero-order chi connectivity index (χ0) is 14.2. The van der Waals surface area contributed by atoms with Crippen molar-refractivity contribution in [1.82, 2.24) is 0 Å². The zero-order valence-corrected chi connectivity index (χ0v) is 12.4. The highest BCUT2D eigenvalue weighted by Gasteiger charge is 2.32. The van der Waals surface area contributed by atoms with Crippen LogP contribution in [-0.4, -0.2) is 14.3 Å². The first-order valence-corrected chi connectivity index (χ1v) is 8.46. The predicted molar refractivity (Wildman–Crippen MR) is 74.7 cm³/mol. The van der Waals surface area contributed by atoms with Crippen molar-refractivity contribution in [3.63, 3.8) is 0 Å². The van der Waals surface area contributed by atoms with Crippen molar-refractivity contribution in [3.05, 3.63) is 23.8 Å². The molecule has 1 amide bonds. The van der Waals surface area contributed by atoms with Crippen molar-refractivity contribution in [2.24, 2.45) is 11.8 Å². The van der Waals surface area contributed by atoms with E-state index in [4.69, 9.17) is 10.7 Å². The van der Waals surface area contributed by atoms with Crippen molar-refractivity contribution in [1.29, 1.82) is 0 Å². The number of carbonyl (C=O) groups excluding carboxylic acids is 1. The molecule has 1 fully saturated rings. The first-order valence-electron chi connectivity index (χ1n) is 6.15. The summed E-state index contributed by atoms with van der Waals surface area (Å²) in [5, 5.41) is 2.81. The summed E-state index contributed by atoms with van der Waals surface area (Å²) in [7, 11) is 1.57. The molecular formula is C13H16ClNO3S. The van der Waals surface area contributed by atoms with Crippen LogP contribution >= 0.6 is 10.7 Å². The van der Waals surface area contributed by atoms with Gasteiger partial charge < -0.3 is 5.32 Å². The molecule has 1 aliphatic carbocycles. The van der Waals surface area contributed by atoms with E-state index in [1.165, 1.54) is 6.07 Å². The van der Waals surface area contributed by atoms with E-state index in [0.29, 0.717) is 17.2 Å². The van der Waals surface area contributed by atoms with Gasteiger partial charge in [-0.15, -0.1) is 0 Å². The number of benzene rings is 1. The van der Waals surface area contributed by atoms with E-state index in [0.717, 1.165) is 12.8 Å². The van der Waals surface area contributed by atoms with Crippen molar-refractivity contribution in [2.75, 3.05) is 5.32 Å². The van der Waals surface area contributed by atoms with E-state index in [2.05, 4.69) is 5.32 Å². The van der Waals surface area contributed by atoms with E-state index in [1.807, 2.05) is 6.92 Å². The monoisotopic (exact) mass is 301 g/mol. The first-order chi connectivity index (χ1) is 8.79. The maximum atomic E-state index is 11.9. The Morgan fingerprint density at radius 3 is 2.53 bits per heavy atom. The van der Waals surface area contributed by atoms with Gasteiger partial charge in [-0.2, -0.15) is 0 Å². The topological polar surface area (TPSA) is 63.2 Å². The lowest BCUT2D eigenvalue weighted by molar-refractivity contribution is -0.119. The van der Waals surface area contributed by atoms with Crippen LogP contribution in [0.4, 0.5) is 5.69 Å². The number of hydrogen-bond acceptors (Lipinski definition) is 3. The molecule has 104 valence electrons. The van der Waals surface area contributed by atoms with Gasteiger partial charge in [0, 0.05) is 22.3 Å². The third-order valence-corrected chi connectivity index (χ3v) is 4.93. The highest BCUT2D eigenvalue weighted by molar-refractivity contribution is 8.13. The third kappa shape index (κ3) is 3.48. The summed E-state index contributed by atoms with van der Waals surface area (Å²) < 4.78 is 22.5. The smallest absolute Gasteiger partial charge is 0.261 e. The van der Waals surface area contributed by atoms with E-state index in [1.54, 1.807) is 19.1 Å². The molecule has 0 heterocycles. The number of carbonyl (C=O) groups is 1. The van der Waals surface area contributed by atoms with E-state index in [9.17, 15) is 13.2 Å². The summed E-state index contributed by atoms with van der Waals surface area (Å²) in [4.78, 5) is 12.0. The molecule has 1 unspecified atom stereocenters. The molecule has 0 radical (unpaired) electrons. The Morgan fingerprint density at radius 2 is 2.05 bits per heavy atom. The molecule has 1 aromatic rings. The maximum absolute atomic E-state index is 11.9. The van der Waals surface area contributed by atoms with Gasteiger partial charge in [-0.05, 0) is 49.4 Å². The summed E-state index contributed by atoms with van der Waals surface area (Å²) in [6.07, 6.45) is 2.22. The summed E-state index contributed by atoms with van der Waals surface area (Å²) >= 11 is 0. The fourth-order valence-corrected chi connectivity index (χ4v) is 3.26. The van der Waals surface area contributed by atoms with Gasteiger partial charge in [0.1, 0.15) is 0 Å². The minimum absolute atomic E-state index is 0.00302. The van der Waals surface area contributed by atoms with Crippen LogP contribution in [0, 0.1) is 18.8 Å². The highest BCUT2D eigenvalue weighted by atomic mass is 35.7. The number of rotatable bonds is 4. The van der Waals surface area contributed by atoms with Gasteiger partial charge in [0.15, 0.2) is 0 Å².